The van der Waals surface area contributed by atoms with Gasteiger partial charge in [0.2, 0.25) is 5.91 Å². The number of hydrogen-bond donors (Lipinski definition) is 2. The Morgan fingerprint density at radius 2 is 1.93 bits per heavy atom. The lowest BCUT2D eigenvalue weighted by Crippen LogP contribution is -2.40. The molecular weight excluding hydrogens is 402 g/mol. The van der Waals surface area contributed by atoms with Crippen LogP contribution >= 0.6 is 11.6 Å². The molecule has 2 N–H and O–H groups in total. The first-order valence-electron chi connectivity index (χ1n) is 10.2. The maximum absolute atomic E-state index is 13.0. The third-order valence-corrected chi connectivity index (χ3v) is 5.62. The number of methoxy groups -OCH3 is 1. The molecule has 0 aromatic heterocycles. The number of nitrogens with zero attached hydrogens (tertiary/aromatic N) is 1. The summed E-state index contributed by atoms with van der Waals surface area (Å²) < 4.78 is 4.96. The fourth-order valence-corrected chi connectivity index (χ4v) is 3.86. The number of amides is 2. The maximum atomic E-state index is 13.0. The van der Waals surface area contributed by atoms with Crippen molar-refractivity contribution in [2.45, 2.75) is 19.4 Å². The van der Waals surface area contributed by atoms with Gasteiger partial charge in [0.1, 0.15) is 0 Å². The van der Waals surface area contributed by atoms with Crippen molar-refractivity contribution in [1.29, 1.82) is 0 Å². The predicted molar refractivity (Wildman–Crippen MR) is 119 cm³/mol. The third kappa shape index (κ3) is 6.05. The summed E-state index contributed by atoms with van der Waals surface area (Å²) in [6.45, 7) is 3.18. The van der Waals surface area contributed by atoms with E-state index in [-0.39, 0.29) is 17.7 Å². The van der Waals surface area contributed by atoms with E-state index >= 15 is 0 Å². The van der Waals surface area contributed by atoms with Gasteiger partial charge in [-0.1, -0.05) is 41.9 Å². The molecule has 0 unspecified atom stereocenters. The average molecular weight is 430 g/mol. The van der Waals surface area contributed by atoms with Gasteiger partial charge in [0.05, 0.1) is 23.8 Å². The van der Waals surface area contributed by atoms with Gasteiger partial charge < -0.3 is 15.4 Å². The highest BCUT2D eigenvalue weighted by atomic mass is 35.5. The zero-order valence-electron chi connectivity index (χ0n) is 17.2. The van der Waals surface area contributed by atoms with Crippen LogP contribution in [0.15, 0.2) is 48.5 Å². The maximum Gasteiger partial charge on any atom is 0.253 e. The van der Waals surface area contributed by atoms with Crippen LogP contribution in [0.5, 0.6) is 0 Å². The summed E-state index contributed by atoms with van der Waals surface area (Å²) >= 11 is 6.29. The number of carbonyl (C=O) groups is 2. The molecule has 1 aliphatic rings. The predicted octanol–water partition coefficient (Wildman–Crippen LogP) is 3.57. The molecule has 1 heterocycles. The molecule has 0 spiro atoms. The van der Waals surface area contributed by atoms with Crippen molar-refractivity contribution in [2.24, 2.45) is 5.92 Å². The minimum Gasteiger partial charge on any atom is -0.383 e. The van der Waals surface area contributed by atoms with Crippen molar-refractivity contribution in [3.63, 3.8) is 0 Å². The molecule has 6 nitrogen and oxygen atoms in total. The van der Waals surface area contributed by atoms with Crippen LogP contribution < -0.4 is 10.6 Å². The minimum atomic E-state index is -0.230. The smallest absolute Gasteiger partial charge is 0.253 e. The second-order valence-corrected chi connectivity index (χ2v) is 7.86. The van der Waals surface area contributed by atoms with Crippen LogP contribution in [0.2, 0.25) is 5.02 Å². The second-order valence-electron chi connectivity index (χ2n) is 7.45. The second kappa shape index (κ2) is 11.1. The molecular formula is C23H28ClN3O3. The first-order valence-corrected chi connectivity index (χ1v) is 10.6. The summed E-state index contributed by atoms with van der Waals surface area (Å²) in [5, 5.41) is 6.51. The summed E-state index contributed by atoms with van der Waals surface area (Å²) in [6.07, 6.45) is 1.77. The number of nitrogens with one attached hydrogen (secondary N) is 2. The Hall–Kier alpha value is -2.41. The number of ether oxygens (including phenoxy) is 1. The molecule has 2 aromatic rings. The van der Waals surface area contributed by atoms with Crippen molar-refractivity contribution >= 4 is 29.1 Å². The van der Waals surface area contributed by atoms with Crippen LogP contribution in [-0.4, -0.2) is 50.1 Å². The lowest BCUT2D eigenvalue weighted by atomic mass is 9.96. The Bertz CT molecular complexity index is 874. The molecule has 2 amide bonds. The fraction of sp³-hybridized carbons (Fsp3) is 0.391. The molecule has 1 atom stereocenters. The van der Waals surface area contributed by atoms with Crippen molar-refractivity contribution < 1.29 is 14.3 Å². The Labute approximate surface area is 182 Å². The first kappa shape index (κ1) is 22.3. The normalized spacial score (nSPS) is 16.8. The van der Waals surface area contributed by atoms with Gasteiger partial charge in [-0.3, -0.25) is 14.5 Å². The van der Waals surface area contributed by atoms with Crippen LogP contribution in [0.3, 0.4) is 0 Å². The molecule has 0 saturated carbocycles. The molecule has 1 aliphatic heterocycles. The summed E-state index contributed by atoms with van der Waals surface area (Å²) in [6, 6.07) is 14.9. The van der Waals surface area contributed by atoms with Crippen molar-refractivity contribution in [3.8, 4) is 0 Å². The number of rotatable bonds is 8. The lowest BCUT2D eigenvalue weighted by Gasteiger charge is -2.32. The summed E-state index contributed by atoms with van der Waals surface area (Å²) in [5.74, 6) is -0.422. The molecule has 1 fully saturated rings. The van der Waals surface area contributed by atoms with Crippen molar-refractivity contribution in [1.82, 2.24) is 10.2 Å². The number of likely N-dealkylation sites (tertiary alicyclic amines) is 1. The SMILES string of the molecule is COCCNC(=O)c1ccccc1NC(=O)[C@H]1CCCN(Cc2ccccc2Cl)C1. The van der Waals surface area contributed by atoms with Gasteiger partial charge in [-0.25, -0.2) is 0 Å². The van der Waals surface area contributed by atoms with Crippen LogP contribution in [-0.2, 0) is 16.1 Å². The molecule has 0 bridgehead atoms. The van der Waals surface area contributed by atoms with E-state index in [2.05, 4.69) is 15.5 Å². The Morgan fingerprint density at radius 3 is 2.73 bits per heavy atom. The molecule has 160 valence electrons. The molecule has 0 radical (unpaired) electrons. The number of piperidine rings is 1. The Morgan fingerprint density at radius 1 is 1.17 bits per heavy atom. The molecule has 2 aromatic carbocycles. The first-order chi connectivity index (χ1) is 14.6. The van der Waals surface area contributed by atoms with E-state index < -0.39 is 0 Å². The van der Waals surface area contributed by atoms with Gasteiger partial charge in [-0.05, 0) is 43.1 Å². The highest BCUT2D eigenvalue weighted by Gasteiger charge is 2.27. The topological polar surface area (TPSA) is 70.7 Å². The largest absolute Gasteiger partial charge is 0.383 e. The Kier molecular flexibility index (Phi) is 8.25. The number of anilines is 1. The summed E-state index contributed by atoms with van der Waals surface area (Å²) in [7, 11) is 1.58. The number of para-hydroxylation sites is 1. The number of benzene rings is 2. The molecule has 1 saturated heterocycles. The van der Waals surface area contributed by atoms with Gasteiger partial charge in [-0.2, -0.15) is 0 Å². The van der Waals surface area contributed by atoms with Crippen LogP contribution in [0, 0.1) is 5.92 Å². The average Bonchev–Trinajstić information content (AvgIpc) is 2.76. The fourth-order valence-electron chi connectivity index (χ4n) is 3.67. The summed E-state index contributed by atoms with van der Waals surface area (Å²) in [5.41, 5.74) is 2.05. The van der Waals surface area contributed by atoms with E-state index in [1.54, 1.807) is 25.3 Å². The zero-order chi connectivity index (χ0) is 21.3. The van der Waals surface area contributed by atoms with E-state index in [1.165, 1.54) is 0 Å². The van der Waals surface area contributed by atoms with Gasteiger partial charge in [0.25, 0.3) is 5.91 Å². The van der Waals surface area contributed by atoms with E-state index in [9.17, 15) is 9.59 Å². The standard InChI is InChI=1S/C23H28ClN3O3/c1-30-14-12-25-23(29)19-9-3-5-11-21(19)26-22(28)18-8-6-13-27(16-18)15-17-7-2-4-10-20(17)24/h2-5,7,9-11,18H,6,8,12-16H2,1H3,(H,25,29)(H,26,28)/t18-/m0/s1. The summed E-state index contributed by atoms with van der Waals surface area (Å²) in [4.78, 5) is 27.7. The highest BCUT2D eigenvalue weighted by Crippen LogP contribution is 2.24. The zero-order valence-corrected chi connectivity index (χ0v) is 18.0. The van der Waals surface area contributed by atoms with E-state index in [4.69, 9.17) is 16.3 Å². The van der Waals surface area contributed by atoms with Crippen LogP contribution in [0.25, 0.3) is 0 Å². The van der Waals surface area contributed by atoms with Crippen molar-refractivity contribution in [3.05, 3.63) is 64.7 Å². The third-order valence-electron chi connectivity index (χ3n) is 5.25. The molecule has 7 heteroatoms. The lowest BCUT2D eigenvalue weighted by molar-refractivity contribution is -0.121. The molecule has 0 aliphatic carbocycles. The Balaban J connectivity index is 1.62. The van der Waals surface area contributed by atoms with E-state index in [1.807, 2.05) is 30.3 Å². The number of hydrogen-bond acceptors (Lipinski definition) is 4. The number of halogens is 1. The van der Waals surface area contributed by atoms with Crippen molar-refractivity contribution in [2.75, 3.05) is 38.7 Å². The molecule has 30 heavy (non-hydrogen) atoms. The van der Waals surface area contributed by atoms with Gasteiger partial charge in [0, 0.05) is 31.8 Å². The van der Waals surface area contributed by atoms with Crippen LogP contribution in [0.4, 0.5) is 5.69 Å². The van der Waals surface area contributed by atoms with Gasteiger partial charge >= 0.3 is 0 Å². The monoisotopic (exact) mass is 429 g/mol. The number of carbonyl (C=O) groups excluding carboxylic acids is 2. The highest BCUT2D eigenvalue weighted by molar-refractivity contribution is 6.31. The van der Waals surface area contributed by atoms with Crippen LogP contribution in [0.1, 0.15) is 28.8 Å². The van der Waals surface area contributed by atoms with E-state index in [0.29, 0.717) is 30.9 Å². The van der Waals surface area contributed by atoms with Gasteiger partial charge in [0.15, 0.2) is 0 Å². The molecule has 3 rings (SSSR count). The minimum absolute atomic E-state index is 0.0593. The van der Waals surface area contributed by atoms with Gasteiger partial charge in [-0.15, -0.1) is 0 Å². The van der Waals surface area contributed by atoms with E-state index in [0.717, 1.165) is 36.5 Å². The quantitative estimate of drug-likeness (QED) is 0.629.